The van der Waals surface area contributed by atoms with Gasteiger partial charge in [0, 0.05) is 5.92 Å². The molecule has 0 aromatic carbocycles. The molecule has 0 bridgehead atoms. The molecule has 3 atom stereocenters. The maximum absolute atomic E-state index is 12.2. The Morgan fingerprint density at radius 3 is 2.87 bits per heavy atom. The fourth-order valence-corrected chi connectivity index (χ4v) is 2.87. The van der Waals surface area contributed by atoms with E-state index in [1.54, 1.807) is 13.8 Å². The average Bonchev–Trinajstić information content (AvgIpc) is 3.12. The van der Waals surface area contributed by atoms with Crippen LogP contribution in [0.4, 0.5) is 0 Å². The number of carbonyl (C=O) groups is 2. The largest absolute Gasteiger partial charge is 0.394 e. The predicted octanol–water partition coefficient (Wildman–Crippen LogP) is -1.71. The maximum atomic E-state index is 12.2. The number of aliphatic hydroxyl groups is 1. The van der Waals surface area contributed by atoms with E-state index in [2.05, 4.69) is 21.3 Å². The van der Waals surface area contributed by atoms with Crippen molar-refractivity contribution in [1.82, 2.24) is 26.2 Å². The standard InChI is InChI=1S/C14H23N5O4/c1-7(2)12(21)17-14-16-11-10(13(22)18-14)15-6-19(11)9-4-3-8(5-20)23-9/h7-9,14-16,20H,3-6H2,1-2H3,(H,17,21)(H,18,22). The van der Waals surface area contributed by atoms with Crippen LogP contribution in [0.15, 0.2) is 11.5 Å². The van der Waals surface area contributed by atoms with Crippen LogP contribution in [0.2, 0.25) is 0 Å². The second-order valence-corrected chi connectivity index (χ2v) is 6.22. The Morgan fingerprint density at radius 2 is 2.22 bits per heavy atom. The van der Waals surface area contributed by atoms with Crippen molar-refractivity contribution in [1.29, 1.82) is 0 Å². The van der Waals surface area contributed by atoms with Gasteiger partial charge in [0.25, 0.3) is 5.91 Å². The first kappa shape index (κ1) is 15.9. The lowest BCUT2D eigenvalue weighted by Gasteiger charge is -2.33. The van der Waals surface area contributed by atoms with E-state index in [1.165, 1.54) is 0 Å². The lowest BCUT2D eigenvalue weighted by Crippen LogP contribution is -2.61. The molecule has 9 nitrogen and oxygen atoms in total. The van der Waals surface area contributed by atoms with Gasteiger partial charge in [0.1, 0.15) is 17.7 Å². The summed E-state index contributed by atoms with van der Waals surface area (Å²) in [6, 6.07) is 0. The van der Waals surface area contributed by atoms with Crippen molar-refractivity contribution in [2.75, 3.05) is 13.3 Å². The number of hydrogen-bond donors (Lipinski definition) is 5. The van der Waals surface area contributed by atoms with Gasteiger partial charge in [0.15, 0.2) is 6.29 Å². The van der Waals surface area contributed by atoms with Crippen molar-refractivity contribution in [3.8, 4) is 0 Å². The lowest BCUT2D eigenvalue weighted by atomic mass is 10.2. The molecule has 23 heavy (non-hydrogen) atoms. The zero-order chi connectivity index (χ0) is 16.6. The Balaban J connectivity index is 1.70. The van der Waals surface area contributed by atoms with Gasteiger partial charge in [0.05, 0.1) is 19.4 Å². The highest BCUT2D eigenvalue weighted by molar-refractivity contribution is 5.95. The van der Waals surface area contributed by atoms with Crippen molar-refractivity contribution in [2.45, 2.75) is 45.3 Å². The third-order valence-corrected chi connectivity index (χ3v) is 4.18. The molecule has 1 fully saturated rings. The zero-order valence-electron chi connectivity index (χ0n) is 13.3. The first-order valence-corrected chi connectivity index (χ1v) is 7.88. The normalized spacial score (nSPS) is 30.0. The Kier molecular flexibility index (Phi) is 4.31. The van der Waals surface area contributed by atoms with E-state index in [-0.39, 0.29) is 36.7 Å². The average molecular weight is 325 g/mol. The predicted molar refractivity (Wildman–Crippen MR) is 79.9 cm³/mol. The van der Waals surface area contributed by atoms with E-state index < -0.39 is 6.29 Å². The summed E-state index contributed by atoms with van der Waals surface area (Å²) in [7, 11) is 0. The molecule has 0 radical (unpaired) electrons. The molecular formula is C14H23N5O4. The van der Waals surface area contributed by atoms with Crippen LogP contribution in [-0.4, -0.2) is 53.7 Å². The van der Waals surface area contributed by atoms with E-state index in [1.807, 2.05) is 4.90 Å². The molecule has 3 unspecified atom stereocenters. The molecule has 2 amide bonds. The molecule has 3 rings (SSSR count). The molecular weight excluding hydrogens is 302 g/mol. The molecule has 0 aromatic heterocycles. The molecule has 128 valence electrons. The number of carbonyl (C=O) groups excluding carboxylic acids is 2. The number of amides is 2. The highest BCUT2D eigenvalue weighted by Gasteiger charge is 2.40. The minimum atomic E-state index is -0.659. The molecule has 0 aromatic rings. The number of nitrogens with one attached hydrogen (secondary N) is 4. The molecule has 5 N–H and O–H groups in total. The van der Waals surface area contributed by atoms with Crippen molar-refractivity contribution >= 4 is 11.8 Å². The van der Waals surface area contributed by atoms with E-state index in [0.29, 0.717) is 18.2 Å². The topological polar surface area (TPSA) is 115 Å². The first-order valence-electron chi connectivity index (χ1n) is 7.88. The number of hydrogen-bond acceptors (Lipinski definition) is 7. The van der Waals surface area contributed by atoms with Gasteiger partial charge in [-0.25, -0.2) is 0 Å². The van der Waals surface area contributed by atoms with Gasteiger partial charge in [-0.1, -0.05) is 13.8 Å². The summed E-state index contributed by atoms with van der Waals surface area (Å²) in [6.45, 7) is 4.01. The highest BCUT2D eigenvalue weighted by atomic mass is 16.5. The lowest BCUT2D eigenvalue weighted by molar-refractivity contribution is -0.126. The van der Waals surface area contributed by atoms with E-state index in [4.69, 9.17) is 4.74 Å². The molecule has 3 aliphatic rings. The van der Waals surface area contributed by atoms with Crippen molar-refractivity contribution in [2.24, 2.45) is 5.92 Å². The number of aliphatic hydroxyl groups excluding tert-OH is 1. The minimum Gasteiger partial charge on any atom is -0.394 e. The van der Waals surface area contributed by atoms with Crippen LogP contribution in [0.5, 0.6) is 0 Å². The maximum Gasteiger partial charge on any atom is 0.274 e. The molecule has 1 saturated heterocycles. The Hall–Kier alpha value is -2.00. The van der Waals surface area contributed by atoms with Crippen LogP contribution >= 0.6 is 0 Å². The monoisotopic (exact) mass is 325 g/mol. The molecule has 0 spiro atoms. The molecule has 3 heterocycles. The number of ether oxygens (including phenoxy) is 1. The highest BCUT2D eigenvalue weighted by Crippen LogP contribution is 2.28. The van der Waals surface area contributed by atoms with Gasteiger partial charge in [-0.15, -0.1) is 0 Å². The van der Waals surface area contributed by atoms with E-state index in [0.717, 1.165) is 12.8 Å². The van der Waals surface area contributed by atoms with Crippen molar-refractivity contribution in [3.63, 3.8) is 0 Å². The Bertz CT molecular complexity index is 535. The summed E-state index contributed by atoms with van der Waals surface area (Å²) in [5, 5.41) is 20.8. The summed E-state index contributed by atoms with van der Waals surface area (Å²) in [5.41, 5.74) is 0.441. The quantitative estimate of drug-likeness (QED) is 0.418. The smallest absolute Gasteiger partial charge is 0.274 e. The van der Waals surface area contributed by atoms with Crippen LogP contribution in [0.1, 0.15) is 26.7 Å². The second kappa shape index (κ2) is 6.25. The van der Waals surface area contributed by atoms with Crippen LogP contribution in [-0.2, 0) is 14.3 Å². The van der Waals surface area contributed by atoms with Crippen LogP contribution in [0.25, 0.3) is 0 Å². The van der Waals surface area contributed by atoms with Gasteiger partial charge in [-0.2, -0.15) is 0 Å². The van der Waals surface area contributed by atoms with E-state index in [9.17, 15) is 14.7 Å². The van der Waals surface area contributed by atoms with Crippen molar-refractivity contribution < 1.29 is 19.4 Å². The molecule has 9 heteroatoms. The first-order chi connectivity index (χ1) is 11.0. The van der Waals surface area contributed by atoms with Gasteiger partial charge in [-0.05, 0) is 12.8 Å². The van der Waals surface area contributed by atoms with Crippen LogP contribution in [0.3, 0.4) is 0 Å². The fourth-order valence-electron chi connectivity index (χ4n) is 2.87. The summed E-state index contributed by atoms with van der Waals surface area (Å²) in [6.07, 6.45) is 0.523. The fraction of sp³-hybridized carbons (Fsp3) is 0.714. The van der Waals surface area contributed by atoms with Gasteiger partial charge in [0.2, 0.25) is 5.91 Å². The summed E-state index contributed by atoms with van der Waals surface area (Å²) in [5.74, 6) is 0.0191. The molecule has 3 aliphatic heterocycles. The van der Waals surface area contributed by atoms with Crippen molar-refractivity contribution in [3.05, 3.63) is 11.5 Å². The Morgan fingerprint density at radius 1 is 1.43 bits per heavy atom. The zero-order valence-corrected chi connectivity index (χ0v) is 13.3. The minimum absolute atomic E-state index is 0.00927. The summed E-state index contributed by atoms with van der Waals surface area (Å²) >= 11 is 0. The van der Waals surface area contributed by atoms with E-state index >= 15 is 0 Å². The van der Waals surface area contributed by atoms with Crippen LogP contribution in [0, 0.1) is 5.92 Å². The number of rotatable bonds is 4. The molecule has 0 aliphatic carbocycles. The summed E-state index contributed by atoms with van der Waals surface area (Å²) in [4.78, 5) is 25.9. The van der Waals surface area contributed by atoms with Gasteiger partial charge < -0.3 is 36.0 Å². The summed E-state index contributed by atoms with van der Waals surface area (Å²) < 4.78 is 5.78. The Labute approximate surface area is 134 Å². The van der Waals surface area contributed by atoms with Crippen LogP contribution < -0.4 is 21.3 Å². The number of nitrogens with zero attached hydrogens (tertiary/aromatic N) is 1. The third kappa shape index (κ3) is 3.06. The molecule has 0 saturated carbocycles. The third-order valence-electron chi connectivity index (χ3n) is 4.18. The second-order valence-electron chi connectivity index (χ2n) is 6.22. The van der Waals surface area contributed by atoms with Gasteiger partial charge in [-0.3, -0.25) is 9.59 Å². The van der Waals surface area contributed by atoms with Gasteiger partial charge >= 0.3 is 0 Å². The SMILES string of the molecule is CC(C)C(=O)NC1NC(=O)C2=C(N1)N(C1CCC(CO)O1)CN2.